The molecule has 0 fully saturated rings. The van der Waals surface area contributed by atoms with Crippen LogP contribution in [-0.4, -0.2) is 5.91 Å². The van der Waals surface area contributed by atoms with Crippen molar-refractivity contribution < 1.29 is 13.9 Å². The Morgan fingerprint density at radius 3 is 2.48 bits per heavy atom. The highest BCUT2D eigenvalue weighted by molar-refractivity contribution is 6.30. The van der Waals surface area contributed by atoms with Gasteiger partial charge in [-0.15, -0.1) is 0 Å². The van der Waals surface area contributed by atoms with Crippen molar-refractivity contribution in [1.29, 1.82) is 0 Å². The molecule has 0 aliphatic heterocycles. The SMILES string of the molecule is O=C(Cc1cccc(Oc2ccc(F)cc2)c1)Nc1cccc(Cl)c1. The predicted octanol–water partition coefficient (Wildman–Crippen LogP) is 5.45. The second kappa shape index (κ2) is 7.81. The molecule has 3 nitrogen and oxygen atoms in total. The molecule has 1 amide bonds. The summed E-state index contributed by atoms with van der Waals surface area (Å²) < 4.78 is 18.6. The van der Waals surface area contributed by atoms with Crippen LogP contribution in [0.3, 0.4) is 0 Å². The Labute approximate surface area is 150 Å². The number of carbonyl (C=O) groups is 1. The number of rotatable bonds is 5. The highest BCUT2D eigenvalue weighted by atomic mass is 35.5. The van der Waals surface area contributed by atoms with Crippen molar-refractivity contribution in [2.45, 2.75) is 6.42 Å². The summed E-state index contributed by atoms with van der Waals surface area (Å²) in [6.07, 6.45) is 0.202. The number of benzene rings is 3. The lowest BCUT2D eigenvalue weighted by Gasteiger charge is -2.09. The fraction of sp³-hybridized carbons (Fsp3) is 0.0500. The maximum atomic E-state index is 12.9. The van der Waals surface area contributed by atoms with E-state index in [-0.39, 0.29) is 18.1 Å². The average Bonchev–Trinajstić information content (AvgIpc) is 2.57. The Hall–Kier alpha value is -2.85. The van der Waals surface area contributed by atoms with E-state index < -0.39 is 0 Å². The largest absolute Gasteiger partial charge is 0.457 e. The molecular formula is C20H15ClFNO2. The van der Waals surface area contributed by atoms with Crippen LogP contribution in [0.15, 0.2) is 72.8 Å². The Morgan fingerprint density at radius 2 is 1.72 bits per heavy atom. The van der Waals surface area contributed by atoms with Crippen molar-refractivity contribution in [2.75, 3.05) is 5.32 Å². The molecule has 0 aliphatic carbocycles. The quantitative estimate of drug-likeness (QED) is 0.660. The van der Waals surface area contributed by atoms with Crippen molar-refractivity contribution in [3.8, 4) is 11.5 Å². The lowest BCUT2D eigenvalue weighted by molar-refractivity contribution is -0.115. The average molecular weight is 356 g/mol. The van der Waals surface area contributed by atoms with Gasteiger partial charge >= 0.3 is 0 Å². The minimum Gasteiger partial charge on any atom is -0.457 e. The molecule has 5 heteroatoms. The fourth-order valence-corrected chi connectivity index (χ4v) is 2.50. The molecule has 0 aliphatic rings. The Kier molecular flexibility index (Phi) is 5.31. The molecule has 0 atom stereocenters. The van der Waals surface area contributed by atoms with Crippen molar-refractivity contribution in [2.24, 2.45) is 0 Å². The van der Waals surface area contributed by atoms with E-state index in [0.29, 0.717) is 22.2 Å². The van der Waals surface area contributed by atoms with Crippen molar-refractivity contribution in [3.63, 3.8) is 0 Å². The van der Waals surface area contributed by atoms with E-state index in [1.165, 1.54) is 12.1 Å². The van der Waals surface area contributed by atoms with E-state index in [9.17, 15) is 9.18 Å². The van der Waals surface area contributed by atoms with Gasteiger partial charge in [-0.3, -0.25) is 4.79 Å². The number of amides is 1. The molecule has 0 spiro atoms. The standard InChI is InChI=1S/C20H15ClFNO2/c21-15-4-2-5-17(13-15)23-20(24)12-14-3-1-6-19(11-14)25-18-9-7-16(22)8-10-18/h1-11,13H,12H2,(H,23,24). The van der Waals surface area contributed by atoms with Gasteiger partial charge in [0, 0.05) is 10.7 Å². The minimum atomic E-state index is -0.321. The summed E-state index contributed by atoms with van der Waals surface area (Å²) >= 11 is 5.90. The van der Waals surface area contributed by atoms with E-state index >= 15 is 0 Å². The highest BCUT2D eigenvalue weighted by Gasteiger charge is 2.06. The second-order valence-electron chi connectivity index (χ2n) is 5.44. The number of hydrogen-bond acceptors (Lipinski definition) is 2. The van der Waals surface area contributed by atoms with Gasteiger partial charge in [0.05, 0.1) is 6.42 Å². The van der Waals surface area contributed by atoms with Gasteiger partial charge in [0.25, 0.3) is 0 Å². The van der Waals surface area contributed by atoms with Crippen LogP contribution < -0.4 is 10.1 Å². The number of anilines is 1. The van der Waals surface area contributed by atoms with Gasteiger partial charge in [0.2, 0.25) is 5.91 Å². The third-order valence-corrected chi connectivity index (χ3v) is 3.66. The first-order valence-electron chi connectivity index (χ1n) is 7.66. The lowest BCUT2D eigenvalue weighted by Crippen LogP contribution is -2.14. The molecule has 0 saturated carbocycles. The van der Waals surface area contributed by atoms with Crippen molar-refractivity contribution >= 4 is 23.2 Å². The summed E-state index contributed by atoms with van der Waals surface area (Å²) in [7, 11) is 0. The molecule has 0 bridgehead atoms. The molecule has 0 saturated heterocycles. The Bertz CT molecular complexity index is 881. The van der Waals surface area contributed by atoms with Gasteiger partial charge in [-0.25, -0.2) is 4.39 Å². The molecule has 0 radical (unpaired) electrons. The van der Waals surface area contributed by atoms with Crippen LogP contribution in [-0.2, 0) is 11.2 Å². The normalized spacial score (nSPS) is 10.3. The first kappa shape index (κ1) is 17.0. The summed E-state index contributed by atoms with van der Waals surface area (Å²) in [5.74, 6) is 0.640. The van der Waals surface area contributed by atoms with Crippen LogP contribution in [0.1, 0.15) is 5.56 Å². The van der Waals surface area contributed by atoms with Crippen molar-refractivity contribution in [3.05, 3.63) is 89.2 Å². The molecule has 1 N–H and O–H groups in total. The van der Waals surface area contributed by atoms with Crippen LogP contribution in [0.25, 0.3) is 0 Å². The topological polar surface area (TPSA) is 38.3 Å². The van der Waals surface area contributed by atoms with Crippen molar-refractivity contribution in [1.82, 2.24) is 0 Å². The molecular weight excluding hydrogens is 341 g/mol. The monoisotopic (exact) mass is 355 g/mol. The Balaban J connectivity index is 1.64. The maximum Gasteiger partial charge on any atom is 0.228 e. The van der Waals surface area contributed by atoms with E-state index in [1.807, 2.05) is 6.07 Å². The molecule has 25 heavy (non-hydrogen) atoms. The zero-order chi connectivity index (χ0) is 17.6. The third kappa shape index (κ3) is 5.06. The lowest BCUT2D eigenvalue weighted by atomic mass is 10.1. The zero-order valence-electron chi connectivity index (χ0n) is 13.2. The van der Waals surface area contributed by atoms with Gasteiger partial charge < -0.3 is 10.1 Å². The molecule has 3 aromatic rings. The maximum absolute atomic E-state index is 12.9. The van der Waals surface area contributed by atoms with E-state index in [4.69, 9.17) is 16.3 Å². The summed E-state index contributed by atoms with van der Waals surface area (Å²) in [6, 6.07) is 19.9. The smallest absolute Gasteiger partial charge is 0.228 e. The first-order valence-corrected chi connectivity index (χ1v) is 8.04. The highest BCUT2D eigenvalue weighted by Crippen LogP contribution is 2.23. The summed E-state index contributed by atoms with van der Waals surface area (Å²) in [5.41, 5.74) is 1.45. The second-order valence-corrected chi connectivity index (χ2v) is 5.88. The van der Waals surface area contributed by atoms with Crippen LogP contribution in [0, 0.1) is 5.82 Å². The molecule has 3 aromatic carbocycles. The Morgan fingerprint density at radius 1 is 0.960 bits per heavy atom. The van der Waals surface area contributed by atoms with E-state index in [0.717, 1.165) is 5.56 Å². The number of carbonyl (C=O) groups excluding carboxylic acids is 1. The van der Waals surface area contributed by atoms with Crippen LogP contribution in [0.2, 0.25) is 5.02 Å². The minimum absolute atomic E-state index is 0.152. The third-order valence-electron chi connectivity index (χ3n) is 3.42. The number of halogens is 2. The van der Waals surface area contributed by atoms with E-state index in [1.54, 1.807) is 54.6 Å². The number of ether oxygens (including phenoxy) is 1. The molecule has 126 valence electrons. The molecule has 0 heterocycles. The van der Waals surface area contributed by atoms with Gasteiger partial charge in [0.1, 0.15) is 17.3 Å². The molecule has 3 rings (SSSR count). The van der Waals surface area contributed by atoms with Gasteiger partial charge in [0.15, 0.2) is 0 Å². The summed E-state index contributed by atoms with van der Waals surface area (Å²) in [6.45, 7) is 0. The number of hydrogen-bond donors (Lipinski definition) is 1. The summed E-state index contributed by atoms with van der Waals surface area (Å²) in [4.78, 5) is 12.2. The molecule has 0 aromatic heterocycles. The van der Waals surface area contributed by atoms with Crippen LogP contribution in [0.5, 0.6) is 11.5 Å². The first-order chi connectivity index (χ1) is 12.1. The number of nitrogens with one attached hydrogen (secondary N) is 1. The molecule has 0 unspecified atom stereocenters. The van der Waals surface area contributed by atoms with Crippen LogP contribution in [0.4, 0.5) is 10.1 Å². The van der Waals surface area contributed by atoms with Crippen LogP contribution >= 0.6 is 11.6 Å². The fourth-order valence-electron chi connectivity index (χ4n) is 2.31. The predicted molar refractivity (Wildman–Crippen MR) is 96.7 cm³/mol. The van der Waals surface area contributed by atoms with Gasteiger partial charge in [-0.05, 0) is 60.2 Å². The van der Waals surface area contributed by atoms with Gasteiger partial charge in [-0.2, -0.15) is 0 Å². The summed E-state index contributed by atoms with van der Waals surface area (Å²) in [5, 5.41) is 3.36. The zero-order valence-corrected chi connectivity index (χ0v) is 14.0. The van der Waals surface area contributed by atoms with E-state index in [2.05, 4.69) is 5.32 Å². The van der Waals surface area contributed by atoms with Gasteiger partial charge in [-0.1, -0.05) is 29.8 Å².